The van der Waals surface area contributed by atoms with Crippen molar-refractivity contribution < 1.29 is 13.3 Å². The van der Waals surface area contributed by atoms with Crippen molar-refractivity contribution in [1.29, 1.82) is 0 Å². The van der Waals surface area contributed by atoms with E-state index < -0.39 is 8.97 Å². The molecule has 0 aliphatic carbocycles. The first-order valence-corrected chi connectivity index (χ1v) is 5.10. The Morgan fingerprint density at radius 1 is 1.15 bits per heavy atom. The molecule has 5 nitrogen and oxygen atoms in total. The summed E-state index contributed by atoms with van der Waals surface area (Å²) in [5, 5.41) is 0. The molecule has 0 aliphatic rings. The van der Waals surface area contributed by atoms with Crippen molar-refractivity contribution >= 4 is 21.4 Å². The van der Waals surface area contributed by atoms with Crippen LogP contribution in [0.15, 0.2) is 18.7 Å². The molecule has 0 bridgehead atoms. The maximum Gasteiger partial charge on any atom is 0.637 e. The SMILES string of the molecule is CO[Si](OC)(OC)n1ccnc1.Cl. The average Bonchev–Trinajstić information content (AvgIpc) is 2.62. The predicted molar refractivity (Wildman–Crippen MR) is 51.7 cm³/mol. The second-order valence-corrected chi connectivity index (χ2v) is 4.90. The first kappa shape index (κ1) is 12.6. The number of imidazole rings is 1. The topological polar surface area (TPSA) is 45.5 Å². The van der Waals surface area contributed by atoms with E-state index in [1.807, 2.05) is 0 Å². The summed E-state index contributed by atoms with van der Waals surface area (Å²) in [6.07, 6.45) is 5.02. The number of halogens is 1. The molecule has 0 N–H and O–H groups in total. The monoisotopic (exact) mass is 224 g/mol. The van der Waals surface area contributed by atoms with Crippen LogP contribution in [0.5, 0.6) is 0 Å². The first-order valence-electron chi connectivity index (χ1n) is 3.43. The molecule has 7 heteroatoms. The van der Waals surface area contributed by atoms with Gasteiger partial charge in [-0.05, 0) is 0 Å². The zero-order valence-electron chi connectivity index (χ0n) is 7.76. The highest BCUT2D eigenvalue weighted by atomic mass is 35.5. The highest BCUT2D eigenvalue weighted by molar-refractivity contribution is 6.58. The molecule has 0 radical (unpaired) electrons. The molecule has 0 saturated carbocycles. The first-order chi connectivity index (χ1) is 5.79. The van der Waals surface area contributed by atoms with Crippen LogP contribution in [-0.2, 0) is 13.3 Å². The second-order valence-electron chi connectivity index (χ2n) is 2.11. The Kier molecular flexibility index (Phi) is 5.19. The fraction of sp³-hybridized carbons (Fsp3) is 0.500. The summed E-state index contributed by atoms with van der Waals surface area (Å²) in [6.45, 7) is 0. The van der Waals surface area contributed by atoms with Gasteiger partial charge in [-0.2, -0.15) is 0 Å². The van der Waals surface area contributed by atoms with E-state index >= 15 is 0 Å². The molecule has 0 saturated heterocycles. The molecule has 0 spiro atoms. The molecule has 1 aromatic rings. The zero-order chi connectivity index (χ0) is 9.03. The van der Waals surface area contributed by atoms with Gasteiger partial charge in [0, 0.05) is 33.7 Å². The van der Waals surface area contributed by atoms with Crippen LogP contribution >= 0.6 is 12.4 Å². The van der Waals surface area contributed by atoms with Gasteiger partial charge < -0.3 is 13.3 Å². The Hall–Kier alpha value is -0.403. The van der Waals surface area contributed by atoms with Crippen molar-refractivity contribution in [2.45, 2.75) is 0 Å². The third-order valence-corrected chi connectivity index (χ3v) is 4.04. The summed E-state index contributed by atoms with van der Waals surface area (Å²) in [5.74, 6) is 0. The number of hydrogen-bond acceptors (Lipinski definition) is 4. The molecule has 1 heterocycles. The summed E-state index contributed by atoms with van der Waals surface area (Å²) in [4.78, 5) is 3.89. The molecule has 1 rings (SSSR count). The van der Waals surface area contributed by atoms with Crippen LogP contribution in [0, 0.1) is 0 Å². The number of aromatic nitrogens is 2. The van der Waals surface area contributed by atoms with Gasteiger partial charge in [0.05, 0.1) is 6.33 Å². The van der Waals surface area contributed by atoms with Gasteiger partial charge in [0.2, 0.25) is 0 Å². The van der Waals surface area contributed by atoms with E-state index in [-0.39, 0.29) is 12.4 Å². The summed E-state index contributed by atoms with van der Waals surface area (Å²) >= 11 is 0. The standard InChI is InChI=1S/C6H12N2O3Si.ClH/c1-9-12(10-2,11-3)8-5-4-7-6-8;/h4-6H,1-3H3;1H. The van der Waals surface area contributed by atoms with Crippen molar-refractivity contribution in [2.75, 3.05) is 21.3 Å². The highest BCUT2D eigenvalue weighted by Crippen LogP contribution is 2.08. The lowest BCUT2D eigenvalue weighted by atomic mass is 11.0. The summed E-state index contributed by atoms with van der Waals surface area (Å²) < 4.78 is 17.3. The molecule has 0 unspecified atom stereocenters. The average molecular weight is 225 g/mol. The number of hydrogen-bond donors (Lipinski definition) is 0. The van der Waals surface area contributed by atoms with Crippen LogP contribution < -0.4 is 0 Å². The third-order valence-electron chi connectivity index (χ3n) is 1.59. The predicted octanol–water partition coefficient (Wildman–Crippen LogP) is 0.528. The van der Waals surface area contributed by atoms with E-state index in [9.17, 15) is 0 Å². The van der Waals surface area contributed by atoms with Gasteiger partial charge in [-0.15, -0.1) is 12.4 Å². The lowest BCUT2D eigenvalue weighted by Gasteiger charge is -2.23. The van der Waals surface area contributed by atoms with E-state index in [4.69, 9.17) is 13.3 Å². The fourth-order valence-corrected chi connectivity index (χ4v) is 2.58. The van der Waals surface area contributed by atoms with Crippen molar-refractivity contribution in [3.05, 3.63) is 18.7 Å². The van der Waals surface area contributed by atoms with Crippen LogP contribution in [0.25, 0.3) is 0 Å². The van der Waals surface area contributed by atoms with Crippen molar-refractivity contribution in [1.82, 2.24) is 9.22 Å². The van der Waals surface area contributed by atoms with Gasteiger partial charge >= 0.3 is 8.97 Å². The van der Waals surface area contributed by atoms with Crippen molar-refractivity contribution in [2.24, 2.45) is 0 Å². The maximum atomic E-state index is 5.20. The van der Waals surface area contributed by atoms with E-state index in [1.165, 1.54) is 0 Å². The van der Waals surface area contributed by atoms with E-state index in [1.54, 1.807) is 44.3 Å². The third kappa shape index (κ3) is 2.29. The molecule has 0 aromatic carbocycles. The van der Waals surface area contributed by atoms with Crippen LogP contribution in [0.1, 0.15) is 0 Å². The Bertz CT molecular complexity index is 220. The second kappa shape index (κ2) is 5.35. The Balaban J connectivity index is 0.00000144. The normalized spacial score (nSPS) is 11.0. The van der Waals surface area contributed by atoms with Crippen LogP contribution in [0.2, 0.25) is 0 Å². The lowest BCUT2D eigenvalue weighted by molar-refractivity contribution is 0.112. The van der Waals surface area contributed by atoms with Gasteiger partial charge in [-0.3, -0.25) is 4.23 Å². The highest BCUT2D eigenvalue weighted by Gasteiger charge is 2.41. The maximum absolute atomic E-state index is 5.20. The van der Waals surface area contributed by atoms with Crippen molar-refractivity contribution in [3.8, 4) is 0 Å². The van der Waals surface area contributed by atoms with Gasteiger partial charge in [-0.25, -0.2) is 4.98 Å². The Morgan fingerprint density at radius 2 is 1.69 bits per heavy atom. The molecule has 0 amide bonds. The zero-order valence-corrected chi connectivity index (χ0v) is 9.58. The summed E-state index contributed by atoms with van der Waals surface area (Å²) in [6, 6.07) is 0. The van der Waals surface area contributed by atoms with Crippen LogP contribution in [-0.4, -0.2) is 39.5 Å². The molecular formula is C6H13ClN2O3Si. The van der Waals surface area contributed by atoms with Gasteiger partial charge in [0.25, 0.3) is 0 Å². The largest absolute Gasteiger partial charge is 0.637 e. The van der Waals surface area contributed by atoms with Gasteiger partial charge in [-0.1, -0.05) is 0 Å². The Morgan fingerprint density at radius 3 is 2.00 bits per heavy atom. The van der Waals surface area contributed by atoms with E-state index in [2.05, 4.69) is 4.98 Å². The lowest BCUT2D eigenvalue weighted by Crippen LogP contribution is -2.50. The minimum Gasteiger partial charge on any atom is -0.360 e. The fourth-order valence-electron chi connectivity index (χ4n) is 0.987. The quantitative estimate of drug-likeness (QED) is 0.700. The summed E-state index contributed by atoms with van der Waals surface area (Å²) in [7, 11) is 1.98. The molecular weight excluding hydrogens is 212 g/mol. The molecule has 0 aliphatic heterocycles. The number of nitrogens with zero attached hydrogens (tertiary/aromatic N) is 2. The molecule has 0 atom stereocenters. The van der Waals surface area contributed by atoms with Gasteiger partial charge in [0.15, 0.2) is 0 Å². The van der Waals surface area contributed by atoms with Crippen LogP contribution in [0.3, 0.4) is 0 Å². The molecule has 13 heavy (non-hydrogen) atoms. The minimum atomic E-state index is -2.69. The minimum absolute atomic E-state index is 0. The Labute approximate surface area is 84.5 Å². The van der Waals surface area contributed by atoms with E-state index in [0.29, 0.717) is 0 Å². The summed E-state index contributed by atoms with van der Waals surface area (Å²) in [5.41, 5.74) is 0. The van der Waals surface area contributed by atoms with Crippen molar-refractivity contribution in [3.63, 3.8) is 0 Å². The smallest absolute Gasteiger partial charge is 0.360 e. The van der Waals surface area contributed by atoms with Gasteiger partial charge in [0.1, 0.15) is 0 Å². The number of rotatable bonds is 4. The van der Waals surface area contributed by atoms with E-state index in [0.717, 1.165) is 0 Å². The molecule has 1 aromatic heterocycles. The van der Waals surface area contributed by atoms with Crippen LogP contribution in [0.4, 0.5) is 0 Å². The molecule has 0 fully saturated rings. The molecule has 76 valence electrons.